The predicted molar refractivity (Wildman–Crippen MR) is 83.3 cm³/mol. The van der Waals surface area contributed by atoms with Crippen molar-refractivity contribution in [2.75, 3.05) is 36.0 Å². The first-order valence-electron chi connectivity index (χ1n) is 7.22. The van der Waals surface area contributed by atoms with Gasteiger partial charge in [0.05, 0.1) is 17.6 Å². The van der Waals surface area contributed by atoms with Gasteiger partial charge < -0.3 is 15.5 Å². The quantitative estimate of drug-likeness (QED) is 0.913. The van der Waals surface area contributed by atoms with Gasteiger partial charge in [-0.15, -0.1) is 0 Å². The fraction of sp³-hybridized carbons (Fsp3) is 0.400. The van der Waals surface area contributed by atoms with Gasteiger partial charge in [-0.3, -0.25) is 4.98 Å². The number of anilines is 2. The highest BCUT2D eigenvalue weighted by molar-refractivity contribution is 5.47. The summed E-state index contributed by atoms with van der Waals surface area (Å²) in [7, 11) is 0. The molecule has 0 amide bonds. The van der Waals surface area contributed by atoms with Crippen molar-refractivity contribution in [2.45, 2.75) is 13.0 Å². The third kappa shape index (κ3) is 3.11. The second kappa shape index (κ2) is 6.05. The Hall–Kier alpha value is -2.21. The second-order valence-electron chi connectivity index (χ2n) is 5.25. The highest BCUT2D eigenvalue weighted by Crippen LogP contribution is 2.18. The molecule has 0 aliphatic carbocycles. The van der Waals surface area contributed by atoms with E-state index in [4.69, 9.17) is 5.73 Å². The monoisotopic (exact) mass is 284 g/mol. The van der Waals surface area contributed by atoms with Gasteiger partial charge in [-0.25, -0.2) is 9.97 Å². The van der Waals surface area contributed by atoms with Gasteiger partial charge in [-0.2, -0.15) is 0 Å². The summed E-state index contributed by atoms with van der Waals surface area (Å²) in [6.07, 6.45) is 5.48. The number of piperazine rings is 1. The fourth-order valence-corrected chi connectivity index (χ4v) is 2.47. The lowest BCUT2D eigenvalue weighted by molar-refractivity contribution is 0.638. The minimum atomic E-state index is -0.0221. The molecule has 110 valence electrons. The second-order valence-corrected chi connectivity index (χ2v) is 5.25. The number of hydrogen-bond acceptors (Lipinski definition) is 6. The van der Waals surface area contributed by atoms with E-state index in [1.54, 1.807) is 12.4 Å². The zero-order valence-corrected chi connectivity index (χ0v) is 12.2. The molecule has 0 radical (unpaired) electrons. The molecule has 6 heteroatoms. The molecule has 0 saturated carbocycles. The van der Waals surface area contributed by atoms with E-state index in [1.165, 1.54) is 0 Å². The van der Waals surface area contributed by atoms with Gasteiger partial charge in [0, 0.05) is 44.6 Å². The third-order valence-corrected chi connectivity index (χ3v) is 3.72. The smallest absolute Gasteiger partial charge is 0.225 e. The van der Waals surface area contributed by atoms with Crippen molar-refractivity contribution in [1.29, 1.82) is 0 Å². The molecule has 0 unspecified atom stereocenters. The number of rotatable bonds is 3. The Labute approximate surface area is 124 Å². The van der Waals surface area contributed by atoms with Crippen molar-refractivity contribution in [3.05, 3.63) is 42.5 Å². The van der Waals surface area contributed by atoms with Crippen LogP contribution in [0.25, 0.3) is 0 Å². The highest BCUT2D eigenvalue weighted by Gasteiger charge is 2.19. The fourth-order valence-electron chi connectivity index (χ4n) is 2.47. The van der Waals surface area contributed by atoms with Gasteiger partial charge in [-0.05, 0) is 25.1 Å². The van der Waals surface area contributed by atoms with Crippen molar-refractivity contribution in [3.63, 3.8) is 0 Å². The molecule has 2 aromatic rings. The van der Waals surface area contributed by atoms with Crippen LogP contribution in [0.1, 0.15) is 18.7 Å². The van der Waals surface area contributed by atoms with Crippen LogP contribution >= 0.6 is 0 Å². The van der Waals surface area contributed by atoms with Crippen LogP contribution in [0.15, 0.2) is 36.8 Å². The summed E-state index contributed by atoms with van der Waals surface area (Å²) in [6, 6.07) is 5.92. The first kappa shape index (κ1) is 13.8. The molecule has 6 nitrogen and oxygen atoms in total. The van der Waals surface area contributed by atoms with Crippen molar-refractivity contribution < 1.29 is 0 Å². The number of pyridine rings is 1. The average molecular weight is 284 g/mol. The van der Waals surface area contributed by atoms with Crippen LogP contribution in [0.4, 0.5) is 11.6 Å². The maximum absolute atomic E-state index is 5.83. The van der Waals surface area contributed by atoms with Gasteiger partial charge >= 0.3 is 0 Å². The Balaban J connectivity index is 1.63. The van der Waals surface area contributed by atoms with Crippen molar-refractivity contribution in [2.24, 2.45) is 5.73 Å². The van der Waals surface area contributed by atoms with Gasteiger partial charge in [0.25, 0.3) is 0 Å². The minimum Gasteiger partial charge on any atom is -0.367 e. The van der Waals surface area contributed by atoms with Crippen molar-refractivity contribution in [1.82, 2.24) is 15.0 Å². The number of nitrogens with two attached hydrogens (primary N) is 1. The Kier molecular flexibility index (Phi) is 3.96. The van der Waals surface area contributed by atoms with E-state index in [-0.39, 0.29) is 6.04 Å². The van der Waals surface area contributed by atoms with Gasteiger partial charge in [0.1, 0.15) is 0 Å². The lowest BCUT2D eigenvalue weighted by Gasteiger charge is -2.35. The third-order valence-electron chi connectivity index (χ3n) is 3.72. The highest BCUT2D eigenvalue weighted by atomic mass is 15.3. The Morgan fingerprint density at radius 1 is 1.00 bits per heavy atom. The lowest BCUT2D eigenvalue weighted by Crippen LogP contribution is -2.47. The van der Waals surface area contributed by atoms with Crippen LogP contribution in [0.2, 0.25) is 0 Å². The molecule has 2 N–H and O–H groups in total. The summed E-state index contributed by atoms with van der Waals surface area (Å²) >= 11 is 0. The Morgan fingerprint density at radius 2 is 1.67 bits per heavy atom. The van der Waals surface area contributed by atoms with E-state index < -0.39 is 0 Å². The summed E-state index contributed by atoms with van der Waals surface area (Å²) in [5, 5.41) is 0. The zero-order chi connectivity index (χ0) is 14.7. The SMILES string of the molecule is C[C@@H](N)c1ccc(N2CCN(c3ncccn3)CC2)cn1. The van der Waals surface area contributed by atoms with E-state index >= 15 is 0 Å². The van der Waals surface area contributed by atoms with Crippen LogP contribution in [0.5, 0.6) is 0 Å². The molecule has 2 aromatic heterocycles. The Morgan fingerprint density at radius 3 is 2.24 bits per heavy atom. The molecule has 1 aliphatic heterocycles. The van der Waals surface area contributed by atoms with Crippen LogP contribution in [-0.4, -0.2) is 41.1 Å². The van der Waals surface area contributed by atoms with Crippen LogP contribution < -0.4 is 15.5 Å². The lowest BCUT2D eigenvalue weighted by atomic mass is 10.2. The summed E-state index contributed by atoms with van der Waals surface area (Å²) in [4.78, 5) is 17.6. The molecule has 21 heavy (non-hydrogen) atoms. The number of hydrogen-bond donors (Lipinski definition) is 1. The number of aromatic nitrogens is 3. The summed E-state index contributed by atoms with van der Waals surface area (Å²) < 4.78 is 0. The van der Waals surface area contributed by atoms with Gasteiger partial charge in [0.15, 0.2) is 0 Å². The molecule has 0 spiro atoms. The zero-order valence-electron chi connectivity index (χ0n) is 12.2. The topological polar surface area (TPSA) is 71.2 Å². The maximum Gasteiger partial charge on any atom is 0.225 e. The average Bonchev–Trinajstić information content (AvgIpc) is 2.56. The molecule has 3 rings (SSSR count). The van der Waals surface area contributed by atoms with Gasteiger partial charge in [-0.1, -0.05) is 0 Å². The molecule has 1 fully saturated rings. The summed E-state index contributed by atoms with van der Waals surface area (Å²) in [5.41, 5.74) is 7.90. The van der Waals surface area contributed by atoms with E-state index in [9.17, 15) is 0 Å². The molecule has 3 heterocycles. The Bertz CT molecular complexity index is 560. The maximum atomic E-state index is 5.83. The van der Waals surface area contributed by atoms with E-state index in [0.717, 1.165) is 43.5 Å². The number of nitrogens with zero attached hydrogens (tertiary/aromatic N) is 5. The minimum absolute atomic E-state index is 0.0221. The summed E-state index contributed by atoms with van der Waals surface area (Å²) in [5.74, 6) is 0.808. The first-order chi connectivity index (χ1) is 10.2. The molecule has 0 aromatic carbocycles. The van der Waals surface area contributed by atoms with Gasteiger partial charge in [0.2, 0.25) is 5.95 Å². The van der Waals surface area contributed by atoms with Crippen LogP contribution in [0.3, 0.4) is 0 Å². The van der Waals surface area contributed by atoms with Crippen LogP contribution in [0, 0.1) is 0 Å². The van der Waals surface area contributed by atoms with Crippen molar-refractivity contribution >= 4 is 11.6 Å². The van der Waals surface area contributed by atoms with E-state index in [2.05, 4.69) is 30.8 Å². The predicted octanol–water partition coefficient (Wildman–Crippen LogP) is 1.22. The molecular weight excluding hydrogens is 264 g/mol. The standard InChI is InChI=1S/C15H20N6/c1-12(16)14-4-3-13(11-19-14)20-7-9-21(10-8-20)15-17-5-2-6-18-15/h2-6,11-12H,7-10,16H2,1H3/t12-/m1/s1. The largest absolute Gasteiger partial charge is 0.367 e. The van der Waals surface area contributed by atoms with E-state index in [1.807, 2.05) is 25.3 Å². The molecule has 1 aliphatic rings. The first-order valence-corrected chi connectivity index (χ1v) is 7.22. The normalized spacial score (nSPS) is 16.9. The molecule has 1 saturated heterocycles. The molecule has 0 bridgehead atoms. The summed E-state index contributed by atoms with van der Waals surface area (Å²) in [6.45, 7) is 5.66. The van der Waals surface area contributed by atoms with E-state index in [0.29, 0.717) is 0 Å². The van der Waals surface area contributed by atoms with Crippen molar-refractivity contribution in [3.8, 4) is 0 Å². The molecule has 1 atom stereocenters. The molecular formula is C15H20N6. The van der Waals surface area contributed by atoms with Crippen LogP contribution in [-0.2, 0) is 0 Å².